The zero-order valence-corrected chi connectivity index (χ0v) is 7.68. The molecule has 8 N–H and O–H groups in total. The van der Waals surface area contributed by atoms with E-state index in [2.05, 4.69) is 10.2 Å². The molecule has 0 atom stereocenters. The summed E-state index contributed by atoms with van der Waals surface area (Å²) in [7, 11) is 0. The van der Waals surface area contributed by atoms with Gasteiger partial charge in [-0.05, 0) is 12.1 Å². The molecule has 7 heteroatoms. The van der Waals surface area contributed by atoms with E-state index >= 15 is 0 Å². The predicted octanol–water partition coefficient (Wildman–Crippen LogP) is -2.51. The second-order valence-electron chi connectivity index (χ2n) is 2.72. The summed E-state index contributed by atoms with van der Waals surface area (Å²) in [5, 5.41) is 33.2. The molecule has 1 aromatic carbocycles. The zero-order chi connectivity index (χ0) is 11.4. The van der Waals surface area contributed by atoms with Crippen LogP contribution in [0, 0.1) is 0 Å². The van der Waals surface area contributed by atoms with E-state index in [0.717, 1.165) is 0 Å². The molecule has 0 heterocycles. The maximum absolute atomic E-state index is 9.15. The van der Waals surface area contributed by atoms with Crippen LogP contribution in [0.3, 0.4) is 0 Å². The van der Waals surface area contributed by atoms with Crippen LogP contribution >= 0.6 is 0 Å². The fourth-order valence-corrected chi connectivity index (χ4v) is 0.890. The summed E-state index contributed by atoms with van der Waals surface area (Å²) < 4.78 is 0. The third-order valence-corrected chi connectivity index (χ3v) is 1.52. The van der Waals surface area contributed by atoms with Crippen LogP contribution in [0.25, 0.3) is 0 Å². The van der Waals surface area contributed by atoms with Crippen molar-refractivity contribution in [2.75, 3.05) is 0 Å². The van der Waals surface area contributed by atoms with Crippen molar-refractivity contribution >= 4 is 12.2 Å². The normalized spacial score (nSPS) is 10.4. The lowest BCUT2D eigenvalue weighted by Gasteiger charge is -1.99. The topological polar surface area (TPSA) is 139 Å². The molecule has 1 aromatic rings. The van der Waals surface area contributed by atoms with E-state index in [0.29, 0.717) is 5.56 Å². The number of hydrogen-bond donors (Lipinski definition) is 6. The van der Waals surface area contributed by atoms with Crippen LogP contribution < -0.4 is 16.6 Å². The van der Waals surface area contributed by atoms with Crippen molar-refractivity contribution in [2.45, 2.75) is 0 Å². The van der Waals surface area contributed by atoms with Gasteiger partial charge in [-0.2, -0.15) is 0 Å². The molecule has 0 bridgehead atoms. The molecule has 0 aliphatic rings. The standard InChI is InChI=1S/C8H10N4O3/c9-8(10)12-11-3-4-1-5(13)7(15)6(14)2-4/h1-3,13-15H,(H4,9,10,12)/p+1. The third kappa shape index (κ3) is 2.76. The van der Waals surface area contributed by atoms with E-state index in [1.807, 2.05) is 0 Å². The Bertz CT molecular complexity index is 401. The van der Waals surface area contributed by atoms with Crippen LogP contribution in [-0.2, 0) is 0 Å². The highest BCUT2D eigenvalue weighted by molar-refractivity contribution is 5.79. The smallest absolute Gasteiger partial charge is 0.256 e. The molecule has 1 rings (SSSR count). The molecule has 0 aliphatic carbocycles. The number of hydrazone groups is 1. The Morgan fingerprint density at radius 3 is 2.20 bits per heavy atom. The summed E-state index contributed by atoms with van der Waals surface area (Å²) in [4.78, 5) is 0. The lowest BCUT2D eigenvalue weighted by atomic mass is 10.2. The summed E-state index contributed by atoms with van der Waals surface area (Å²) in [6, 6.07) is 2.45. The van der Waals surface area contributed by atoms with Gasteiger partial charge in [-0.1, -0.05) is 0 Å². The third-order valence-electron chi connectivity index (χ3n) is 1.52. The second-order valence-corrected chi connectivity index (χ2v) is 2.72. The van der Waals surface area contributed by atoms with E-state index < -0.39 is 17.2 Å². The molecule has 0 unspecified atom stereocenters. The summed E-state index contributed by atoms with van der Waals surface area (Å²) in [5.74, 6) is -1.60. The van der Waals surface area contributed by atoms with Crippen molar-refractivity contribution in [3.05, 3.63) is 17.7 Å². The first kappa shape index (κ1) is 10.6. The number of rotatable bonds is 2. The van der Waals surface area contributed by atoms with E-state index in [1.54, 1.807) is 0 Å². The van der Waals surface area contributed by atoms with E-state index in [1.165, 1.54) is 18.3 Å². The number of phenols is 3. The highest BCUT2D eigenvalue weighted by Crippen LogP contribution is 2.34. The maximum Gasteiger partial charge on any atom is 0.256 e. The highest BCUT2D eigenvalue weighted by atomic mass is 16.3. The number of nitrogens with two attached hydrogens (primary N) is 2. The van der Waals surface area contributed by atoms with E-state index in [9.17, 15) is 0 Å². The van der Waals surface area contributed by atoms with Crippen LogP contribution in [-0.4, -0.2) is 27.5 Å². The van der Waals surface area contributed by atoms with E-state index in [4.69, 9.17) is 26.8 Å². The highest BCUT2D eigenvalue weighted by Gasteiger charge is 2.07. The second kappa shape index (κ2) is 4.18. The molecule has 7 nitrogen and oxygen atoms in total. The van der Waals surface area contributed by atoms with Gasteiger partial charge in [0.15, 0.2) is 17.2 Å². The molecular formula is C8H11N4O3+. The van der Waals surface area contributed by atoms with Crippen LogP contribution in [0.1, 0.15) is 5.56 Å². The first-order chi connectivity index (χ1) is 7.00. The Morgan fingerprint density at radius 2 is 1.73 bits per heavy atom. The molecule has 80 valence electrons. The van der Waals surface area contributed by atoms with Crippen molar-refractivity contribution in [2.24, 2.45) is 16.6 Å². The molecule has 15 heavy (non-hydrogen) atoms. The van der Waals surface area contributed by atoms with Crippen LogP contribution in [0.5, 0.6) is 17.2 Å². The fraction of sp³-hybridized carbons (Fsp3) is 0. The van der Waals surface area contributed by atoms with Crippen molar-refractivity contribution in [3.63, 3.8) is 0 Å². The van der Waals surface area contributed by atoms with Gasteiger partial charge in [-0.15, -0.1) is 5.10 Å². The van der Waals surface area contributed by atoms with Gasteiger partial charge in [0.1, 0.15) is 0 Å². The monoisotopic (exact) mass is 211 g/mol. The van der Waals surface area contributed by atoms with E-state index in [-0.39, 0.29) is 5.96 Å². The lowest BCUT2D eigenvalue weighted by molar-refractivity contribution is -0.456. The Morgan fingerprint density at radius 1 is 1.20 bits per heavy atom. The Hall–Kier alpha value is -2.44. The molecule has 0 fully saturated rings. The van der Waals surface area contributed by atoms with Crippen LogP contribution in [0.2, 0.25) is 0 Å². The van der Waals surface area contributed by atoms with Gasteiger partial charge in [-0.3, -0.25) is 0 Å². The number of aromatic hydroxyl groups is 3. The van der Waals surface area contributed by atoms with Gasteiger partial charge in [0.25, 0.3) is 5.96 Å². The number of benzene rings is 1. The molecule has 0 aliphatic heterocycles. The molecule has 0 saturated carbocycles. The van der Waals surface area contributed by atoms with Crippen LogP contribution in [0.4, 0.5) is 0 Å². The van der Waals surface area contributed by atoms with Crippen molar-refractivity contribution < 1.29 is 20.4 Å². The van der Waals surface area contributed by atoms with Gasteiger partial charge in [0, 0.05) is 10.7 Å². The van der Waals surface area contributed by atoms with Crippen molar-refractivity contribution in [3.8, 4) is 17.2 Å². The summed E-state index contributed by atoms with van der Waals surface area (Å²) in [6.45, 7) is 0. The number of nitrogens with zero attached hydrogens (tertiary/aromatic N) is 1. The number of phenolic OH excluding ortho intramolecular Hbond substituents is 3. The van der Waals surface area contributed by atoms with Crippen LogP contribution in [0.15, 0.2) is 17.2 Å². The first-order valence-corrected chi connectivity index (χ1v) is 3.93. The molecule has 0 saturated heterocycles. The average molecular weight is 211 g/mol. The van der Waals surface area contributed by atoms with Crippen molar-refractivity contribution in [1.29, 1.82) is 0 Å². The average Bonchev–Trinajstić information content (AvgIpc) is 2.13. The summed E-state index contributed by atoms with van der Waals surface area (Å²) in [5.41, 5.74) is 10.5. The van der Waals surface area contributed by atoms with Crippen molar-refractivity contribution in [1.82, 2.24) is 0 Å². The Balaban J connectivity index is 2.98. The maximum atomic E-state index is 9.15. The summed E-state index contributed by atoms with van der Waals surface area (Å²) >= 11 is 0. The van der Waals surface area contributed by atoms with Gasteiger partial charge in [0.05, 0.1) is 0 Å². The zero-order valence-electron chi connectivity index (χ0n) is 7.68. The quantitative estimate of drug-likeness (QED) is 0.139. The van der Waals surface area contributed by atoms with Gasteiger partial charge >= 0.3 is 0 Å². The largest absolute Gasteiger partial charge is 0.504 e. The minimum atomic E-state index is -0.575. The van der Waals surface area contributed by atoms with Gasteiger partial charge < -0.3 is 26.8 Å². The summed E-state index contributed by atoms with van der Waals surface area (Å²) in [6.07, 6.45) is 1.33. The first-order valence-electron chi connectivity index (χ1n) is 3.93. The molecule has 0 aromatic heterocycles. The number of nitrogens with one attached hydrogen (secondary N) is 1. The lowest BCUT2D eigenvalue weighted by Crippen LogP contribution is -2.63. The predicted molar refractivity (Wildman–Crippen MR) is 53.4 cm³/mol. The Kier molecular flexibility index (Phi) is 2.97. The molecule has 0 radical (unpaired) electrons. The Labute approximate surface area is 85.0 Å². The number of hydrogen-bond acceptors (Lipinski definition) is 4. The minimum absolute atomic E-state index is 0.154. The van der Waals surface area contributed by atoms with Gasteiger partial charge in [-0.25, -0.2) is 0 Å². The molecule has 0 spiro atoms. The molecule has 0 amide bonds. The van der Waals surface area contributed by atoms with Gasteiger partial charge in [0.2, 0.25) is 6.21 Å². The fourth-order valence-electron chi connectivity index (χ4n) is 0.890. The SMILES string of the molecule is NC(N)=N[NH+]=Cc1cc(O)c(O)c(O)c1. The number of guanidine groups is 1. The minimum Gasteiger partial charge on any atom is -0.504 e. The molecular weight excluding hydrogens is 200 g/mol.